The molecule has 0 N–H and O–H groups in total. The van der Waals surface area contributed by atoms with Crippen LogP contribution in [0.1, 0.15) is 0 Å². The predicted molar refractivity (Wildman–Crippen MR) is 279 cm³/mol. The zero-order valence-electron chi connectivity index (χ0n) is 40.9. The molecule has 0 spiro atoms. The van der Waals surface area contributed by atoms with E-state index < -0.39 is 0 Å². The van der Waals surface area contributed by atoms with Crippen LogP contribution in [-0.4, -0.2) is 152 Å². The Morgan fingerprint density at radius 2 is 0.348 bits per heavy atom. The molecule has 69 heavy (non-hydrogen) atoms. The maximum Gasteiger partial charge on any atom is 0.127 e. The molecule has 15 heteroatoms. The van der Waals surface area contributed by atoms with Crippen LogP contribution in [0.25, 0.3) is 0 Å². The van der Waals surface area contributed by atoms with Gasteiger partial charge in [-0.1, -0.05) is 0 Å². The van der Waals surface area contributed by atoms with E-state index in [1.165, 1.54) is 17.1 Å². The van der Waals surface area contributed by atoms with Gasteiger partial charge in [-0.05, 0) is 188 Å². The molecule has 0 amide bonds. The Bertz CT molecular complexity index is 2260. The van der Waals surface area contributed by atoms with E-state index in [2.05, 4.69) is 247 Å². The number of hydrogen-bond donors (Lipinski definition) is 0. The summed E-state index contributed by atoms with van der Waals surface area (Å²) in [7, 11) is 12.9. The molecule has 0 unspecified atom stereocenters. The normalized spacial score (nSPS) is 18.5. The van der Waals surface area contributed by atoms with Crippen LogP contribution in [0.3, 0.4) is 0 Å². The molecule has 6 aromatic carbocycles. The van der Waals surface area contributed by atoms with Gasteiger partial charge in [-0.25, -0.2) is 0 Å². The first-order valence-corrected chi connectivity index (χ1v) is 23.8. The van der Waals surface area contributed by atoms with E-state index in [0.717, 1.165) is 112 Å². The lowest BCUT2D eigenvalue weighted by Gasteiger charge is -2.45. The number of nitrogens with zero attached hydrogens (tertiary/aromatic N) is 12. The molecule has 360 valence electrons. The molecular formula is C54H66N12O3. The average Bonchev–Trinajstić information content (AvgIpc) is 3.34. The van der Waals surface area contributed by atoms with E-state index in [1.54, 1.807) is 0 Å². The summed E-state index contributed by atoms with van der Waals surface area (Å²) in [6.07, 6.45) is 0. The smallest absolute Gasteiger partial charge is 0.127 e. The van der Waals surface area contributed by atoms with E-state index in [1.807, 2.05) is 0 Å². The van der Waals surface area contributed by atoms with Crippen LogP contribution in [0.4, 0.5) is 34.1 Å². The molecule has 0 aromatic heterocycles. The first kappa shape index (κ1) is 46.0. The second-order valence-corrected chi connectivity index (χ2v) is 19.3. The quantitative estimate of drug-likeness (QED) is 0.118. The molecule has 15 nitrogen and oxygen atoms in total. The van der Waals surface area contributed by atoms with Crippen molar-refractivity contribution >= 4 is 34.1 Å². The molecule has 0 radical (unpaired) electrons. The summed E-state index contributed by atoms with van der Waals surface area (Å²) in [5.74, 6) is 4.82. The average molecular weight is 931 g/mol. The summed E-state index contributed by atoms with van der Waals surface area (Å²) in [6.45, 7) is 10.4. The van der Waals surface area contributed by atoms with Gasteiger partial charge in [-0.15, -0.1) is 0 Å². The topological polar surface area (TPSA) is 66.6 Å². The van der Waals surface area contributed by atoms with Crippen molar-refractivity contribution in [3.63, 3.8) is 0 Å². The van der Waals surface area contributed by atoms with Gasteiger partial charge >= 0.3 is 0 Å². The fourth-order valence-corrected chi connectivity index (χ4v) is 9.88. The van der Waals surface area contributed by atoms with Crippen LogP contribution in [-0.2, 0) is 0 Å². The second kappa shape index (κ2) is 20.5. The zero-order valence-corrected chi connectivity index (χ0v) is 40.9. The van der Waals surface area contributed by atoms with Crippen molar-refractivity contribution in [1.29, 1.82) is 0 Å². The molecule has 0 saturated carbocycles. The first-order valence-electron chi connectivity index (χ1n) is 23.8. The summed E-state index contributed by atoms with van der Waals surface area (Å²) in [4.78, 5) is 28.1. The van der Waals surface area contributed by atoms with Crippen LogP contribution < -0.4 is 43.6 Å². The van der Waals surface area contributed by atoms with Crippen LogP contribution in [0.5, 0.6) is 34.5 Å². The van der Waals surface area contributed by atoms with E-state index in [9.17, 15) is 0 Å². The molecule has 4 fully saturated rings. The second-order valence-electron chi connectivity index (χ2n) is 19.3. The van der Waals surface area contributed by atoms with Crippen molar-refractivity contribution < 1.29 is 14.2 Å². The minimum absolute atomic E-state index is 0.697. The Hall–Kier alpha value is -6.72. The molecule has 0 atom stereocenters. The Morgan fingerprint density at radius 1 is 0.203 bits per heavy atom. The lowest BCUT2D eigenvalue weighted by molar-refractivity contribution is 0.135. The molecule has 4 aliphatic rings. The zero-order chi connectivity index (χ0) is 47.4. The van der Waals surface area contributed by atoms with Gasteiger partial charge in [0.15, 0.2) is 0 Å². The predicted octanol–water partition coefficient (Wildman–Crippen LogP) is 8.44. The van der Waals surface area contributed by atoms with Crippen molar-refractivity contribution in [2.45, 2.75) is 0 Å². The van der Waals surface area contributed by atoms with Gasteiger partial charge in [-0.2, -0.15) is 0 Å². The van der Waals surface area contributed by atoms with Crippen LogP contribution in [0.15, 0.2) is 146 Å². The minimum atomic E-state index is 0.697. The molecule has 4 aliphatic heterocycles. The van der Waals surface area contributed by atoms with E-state index >= 15 is 0 Å². The van der Waals surface area contributed by atoms with Crippen LogP contribution in [0.2, 0.25) is 0 Å². The summed E-state index contributed by atoms with van der Waals surface area (Å²) in [6, 6.07) is 50.4. The number of benzene rings is 6. The van der Waals surface area contributed by atoms with E-state index in [0.29, 0.717) is 20.0 Å². The third kappa shape index (κ3) is 11.4. The highest BCUT2D eigenvalue weighted by molar-refractivity contribution is 5.61. The Labute approximate surface area is 408 Å². The van der Waals surface area contributed by atoms with Gasteiger partial charge in [0.05, 0.1) is 80.0 Å². The highest BCUT2D eigenvalue weighted by atomic mass is 16.5. The molecule has 10 rings (SSSR count). The van der Waals surface area contributed by atoms with Gasteiger partial charge in [-0.3, -0.25) is 29.4 Å². The third-order valence-corrected chi connectivity index (χ3v) is 12.9. The van der Waals surface area contributed by atoms with Crippen molar-refractivity contribution in [2.24, 2.45) is 0 Å². The minimum Gasteiger partial charge on any atom is -0.457 e. The number of rotatable bonds is 12. The third-order valence-electron chi connectivity index (χ3n) is 12.9. The van der Waals surface area contributed by atoms with Gasteiger partial charge in [0, 0.05) is 34.1 Å². The molecular weight excluding hydrogens is 865 g/mol. The fourth-order valence-electron chi connectivity index (χ4n) is 9.88. The van der Waals surface area contributed by atoms with Gasteiger partial charge in [0.25, 0.3) is 0 Å². The van der Waals surface area contributed by atoms with Crippen molar-refractivity contribution in [3.8, 4) is 34.5 Å². The highest BCUT2D eigenvalue weighted by Crippen LogP contribution is 2.34. The number of ether oxygens (including phenoxy) is 3. The summed E-state index contributed by atoms with van der Waals surface area (Å²) in [5.41, 5.74) is 6.84. The largest absolute Gasteiger partial charge is 0.457 e. The Balaban J connectivity index is 0.827. The summed E-state index contributed by atoms with van der Waals surface area (Å²) >= 11 is 0. The molecule has 4 saturated heterocycles. The monoisotopic (exact) mass is 931 g/mol. The summed E-state index contributed by atoms with van der Waals surface area (Å²) < 4.78 is 19.1. The van der Waals surface area contributed by atoms with Crippen LogP contribution in [0, 0.1) is 0 Å². The highest BCUT2D eigenvalue weighted by Gasteiger charge is 2.26. The van der Waals surface area contributed by atoms with Crippen molar-refractivity contribution in [1.82, 2.24) is 29.4 Å². The lowest BCUT2D eigenvalue weighted by Crippen LogP contribution is -2.55. The molecule has 0 bridgehead atoms. The standard InChI is InChI=1S/C54H66N12O3/c1-55-31-56(2)35-61(34-55)43-7-19-49(20-8-43)67-52-25-13-46(14-26-52)64-40-65(47-15-27-53(28-16-47)68-50-21-9-44(10-22-50)62-36-57(3)32-58(4)37-62)42-66(41-64)48-17-29-54(30-18-48)69-51-23-11-45(12-24-51)63-38-59(5)33-60(6)39-63/h7-30H,31-42H2,1-6H3. The van der Waals surface area contributed by atoms with Crippen molar-refractivity contribution in [3.05, 3.63) is 146 Å². The lowest BCUT2D eigenvalue weighted by atomic mass is 10.2. The maximum atomic E-state index is 6.36. The Kier molecular flexibility index (Phi) is 13.7. The molecule has 0 aliphatic carbocycles. The van der Waals surface area contributed by atoms with Gasteiger partial charge in [0.1, 0.15) is 34.5 Å². The van der Waals surface area contributed by atoms with Gasteiger partial charge < -0.3 is 43.6 Å². The number of anilines is 6. The number of hydrogen-bond acceptors (Lipinski definition) is 15. The maximum absolute atomic E-state index is 6.36. The van der Waals surface area contributed by atoms with Gasteiger partial charge in [0.2, 0.25) is 0 Å². The van der Waals surface area contributed by atoms with E-state index in [4.69, 9.17) is 14.2 Å². The van der Waals surface area contributed by atoms with Crippen LogP contribution >= 0.6 is 0 Å². The molecule has 4 heterocycles. The fraction of sp³-hybridized carbons (Fsp3) is 0.333. The SMILES string of the molecule is CN1CN(C)CN(c2ccc(Oc3ccc(N4CN(c5ccc(Oc6ccc(N7CN(C)CN(C)C7)cc6)cc5)CN(c5ccc(Oc6ccc(N7CN(C)CN(C)C7)cc6)cc5)C4)cc3)cc2)C1. The molecule has 6 aromatic rings. The summed E-state index contributed by atoms with van der Waals surface area (Å²) in [5, 5.41) is 0. The first-order chi connectivity index (χ1) is 33.5. The van der Waals surface area contributed by atoms with E-state index in [-0.39, 0.29) is 0 Å². The Morgan fingerprint density at radius 3 is 0.507 bits per heavy atom. The van der Waals surface area contributed by atoms with Crippen molar-refractivity contribution in [2.75, 3.05) is 152 Å².